The molecule has 1 aromatic rings. The van der Waals surface area contributed by atoms with Crippen molar-refractivity contribution in [2.45, 2.75) is 66.2 Å². The highest BCUT2D eigenvalue weighted by atomic mass is 16.2. The van der Waals surface area contributed by atoms with Crippen molar-refractivity contribution in [2.24, 2.45) is 11.8 Å². The van der Waals surface area contributed by atoms with Gasteiger partial charge in [-0.15, -0.1) is 0 Å². The molecular weight excluding hydrogens is 296 g/mol. The third kappa shape index (κ3) is 6.94. The Morgan fingerprint density at radius 2 is 1.50 bits per heavy atom. The molecule has 0 radical (unpaired) electrons. The highest BCUT2D eigenvalue weighted by Gasteiger charge is 2.21. The average molecular weight is 333 g/mol. The van der Waals surface area contributed by atoms with Gasteiger partial charge in [0, 0.05) is 18.8 Å². The number of anilines is 1. The van der Waals surface area contributed by atoms with Gasteiger partial charge in [0.25, 0.3) is 5.91 Å². The maximum atomic E-state index is 13.0. The number of benzene rings is 1. The fourth-order valence-corrected chi connectivity index (χ4v) is 3.14. The molecule has 0 aliphatic heterocycles. The number of hydrogen-bond acceptors (Lipinski definition) is 2. The van der Waals surface area contributed by atoms with Crippen molar-refractivity contribution in [1.29, 1.82) is 0 Å². The molecule has 0 saturated carbocycles. The lowest BCUT2D eigenvalue weighted by atomic mass is 10.00. The van der Waals surface area contributed by atoms with Crippen molar-refractivity contribution in [3.8, 4) is 0 Å². The number of nitrogens with zero attached hydrogens (tertiary/aromatic N) is 1. The van der Waals surface area contributed by atoms with E-state index in [1.165, 1.54) is 38.5 Å². The van der Waals surface area contributed by atoms with Crippen LogP contribution >= 0.6 is 0 Å². The number of carbonyl (C=O) groups excluding carboxylic acids is 1. The molecule has 0 spiro atoms. The Hall–Kier alpha value is -1.51. The van der Waals surface area contributed by atoms with Gasteiger partial charge in [0.1, 0.15) is 0 Å². The van der Waals surface area contributed by atoms with Crippen molar-refractivity contribution < 1.29 is 4.79 Å². The maximum Gasteiger partial charge on any atom is 0.255 e. The second kappa shape index (κ2) is 11.1. The molecule has 24 heavy (non-hydrogen) atoms. The Morgan fingerprint density at radius 3 is 1.96 bits per heavy atom. The predicted octanol–water partition coefficient (Wildman–Crippen LogP) is 5.36. The number of nitrogens with two attached hydrogens (primary N) is 1. The van der Waals surface area contributed by atoms with Crippen LogP contribution in [0.5, 0.6) is 0 Å². The van der Waals surface area contributed by atoms with Crippen LogP contribution < -0.4 is 5.73 Å². The lowest BCUT2D eigenvalue weighted by Crippen LogP contribution is -2.38. The van der Waals surface area contributed by atoms with Crippen LogP contribution in [0.4, 0.5) is 5.69 Å². The van der Waals surface area contributed by atoms with Crippen molar-refractivity contribution in [2.75, 3.05) is 18.8 Å². The maximum absolute atomic E-state index is 13.0. The normalized spacial score (nSPS) is 13.5. The minimum atomic E-state index is 0.0831. The Bertz CT molecular complexity index is 470. The van der Waals surface area contributed by atoms with Crippen LogP contribution in [0.3, 0.4) is 0 Å². The van der Waals surface area contributed by atoms with E-state index in [0.29, 0.717) is 23.1 Å². The van der Waals surface area contributed by atoms with Gasteiger partial charge in [-0.3, -0.25) is 4.79 Å². The molecule has 0 bridgehead atoms. The summed E-state index contributed by atoms with van der Waals surface area (Å²) in [4.78, 5) is 15.1. The first kappa shape index (κ1) is 20.5. The summed E-state index contributed by atoms with van der Waals surface area (Å²) in [6.45, 7) is 10.6. The van der Waals surface area contributed by atoms with Crippen LogP contribution in [0.2, 0.25) is 0 Å². The molecule has 0 aliphatic rings. The van der Waals surface area contributed by atoms with E-state index in [4.69, 9.17) is 5.73 Å². The van der Waals surface area contributed by atoms with E-state index in [9.17, 15) is 4.79 Å². The number of para-hydroxylation sites is 1. The van der Waals surface area contributed by atoms with Gasteiger partial charge in [0.15, 0.2) is 0 Å². The third-order valence-electron chi connectivity index (χ3n) is 4.64. The zero-order chi connectivity index (χ0) is 17.9. The fourth-order valence-electron chi connectivity index (χ4n) is 3.14. The quantitative estimate of drug-likeness (QED) is 0.554. The van der Waals surface area contributed by atoms with Gasteiger partial charge in [-0.25, -0.2) is 0 Å². The first-order valence-corrected chi connectivity index (χ1v) is 9.63. The number of carbonyl (C=O) groups is 1. The molecule has 2 atom stereocenters. The summed E-state index contributed by atoms with van der Waals surface area (Å²) in [5.41, 5.74) is 7.25. The van der Waals surface area contributed by atoms with Crippen LogP contribution in [-0.4, -0.2) is 23.9 Å². The number of rotatable bonds is 11. The Labute approximate surface area is 148 Å². The fraction of sp³-hybridized carbons (Fsp3) is 0.667. The van der Waals surface area contributed by atoms with Gasteiger partial charge >= 0.3 is 0 Å². The zero-order valence-corrected chi connectivity index (χ0v) is 16.1. The average Bonchev–Trinajstić information content (AvgIpc) is 2.57. The van der Waals surface area contributed by atoms with Crippen molar-refractivity contribution in [3.63, 3.8) is 0 Å². The first-order chi connectivity index (χ1) is 11.5. The largest absolute Gasteiger partial charge is 0.398 e. The third-order valence-corrected chi connectivity index (χ3v) is 4.64. The number of unbranched alkanes of at least 4 members (excludes halogenated alkanes) is 2. The standard InChI is InChI=1S/C21H36N2O/c1-5-7-11-17(3)15-23(16-18(4)12-8-6-2)21(24)19-13-9-10-14-20(19)22/h9-10,13-14,17-18H,5-8,11-12,15-16,22H2,1-4H3. The summed E-state index contributed by atoms with van der Waals surface area (Å²) >= 11 is 0. The smallest absolute Gasteiger partial charge is 0.255 e. The van der Waals surface area contributed by atoms with E-state index >= 15 is 0 Å². The molecule has 136 valence electrons. The molecule has 1 amide bonds. The van der Waals surface area contributed by atoms with Crippen LogP contribution in [-0.2, 0) is 0 Å². The summed E-state index contributed by atoms with van der Waals surface area (Å²) in [7, 11) is 0. The topological polar surface area (TPSA) is 46.3 Å². The molecule has 2 N–H and O–H groups in total. The molecule has 3 heteroatoms. The summed E-state index contributed by atoms with van der Waals surface area (Å²) in [6, 6.07) is 7.43. The number of nitrogen functional groups attached to an aromatic ring is 1. The van der Waals surface area contributed by atoms with Crippen LogP contribution in [0, 0.1) is 11.8 Å². The Kier molecular flexibility index (Phi) is 9.51. The highest BCUT2D eigenvalue weighted by molar-refractivity contribution is 5.99. The van der Waals surface area contributed by atoms with Gasteiger partial charge in [-0.05, 0) is 36.8 Å². The minimum Gasteiger partial charge on any atom is -0.398 e. The summed E-state index contributed by atoms with van der Waals surface area (Å²) in [5, 5.41) is 0. The van der Waals surface area contributed by atoms with Crippen molar-refractivity contribution in [3.05, 3.63) is 29.8 Å². The molecule has 0 heterocycles. The zero-order valence-electron chi connectivity index (χ0n) is 16.1. The van der Waals surface area contributed by atoms with Gasteiger partial charge < -0.3 is 10.6 Å². The van der Waals surface area contributed by atoms with E-state index in [1.54, 1.807) is 0 Å². The van der Waals surface area contributed by atoms with E-state index in [1.807, 2.05) is 29.2 Å². The predicted molar refractivity (Wildman–Crippen MR) is 104 cm³/mol. The lowest BCUT2D eigenvalue weighted by Gasteiger charge is -2.29. The molecule has 1 rings (SSSR count). The van der Waals surface area contributed by atoms with Gasteiger partial charge in [-0.1, -0.05) is 65.5 Å². The molecule has 0 saturated heterocycles. The second-order valence-corrected chi connectivity index (χ2v) is 7.29. The SMILES string of the molecule is CCCCC(C)CN(CC(C)CCCC)C(=O)c1ccccc1N. The molecule has 2 unspecified atom stereocenters. The summed E-state index contributed by atoms with van der Waals surface area (Å²) in [5.74, 6) is 1.13. The van der Waals surface area contributed by atoms with Crippen LogP contribution in [0.1, 0.15) is 76.6 Å². The molecule has 3 nitrogen and oxygen atoms in total. The van der Waals surface area contributed by atoms with Gasteiger partial charge in [0.05, 0.1) is 5.56 Å². The molecule has 1 aromatic carbocycles. The lowest BCUT2D eigenvalue weighted by molar-refractivity contribution is 0.0700. The Morgan fingerprint density at radius 1 is 1.00 bits per heavy atom. The number of hydrogen-bond donors (Lipinski definition) is 1. The van der Waals surface area contributed by atoms with Crippen molar-refractivity contribution in [1.82, 2.24) is 4.90 Å². The van der Waals surface area contributed by atoms with Gasteiger partial charge in [-0.2, -0.15) is 0 Å². The number of amides is 1. The minimum absolute atomic E-state index is 0.0831. The van der Waals surface area contributed by atoms with E-state index in [2.05, 4.69) is 27.7 Å². The Balaban J connectivity index is 2.82. The first-order valence-electron chi connectivity index (χ1n) is 9.63. The monoisotopic (exact) mass is 332 g/mol. The highest BCUT2D eigenvalue weighted by Crippen LogP contribution is 2.19. The molecule has 0 aromatic heterocycles. The summed E-state index contributed by atoms with van der Waals surface area (Å²) in [6.07, 6.45) is 7.21. The molecule has 0 fully saturated rings. The van der Waals surface area contributed by atoms with Crippen molar-refractivity contribution >= 4 is 11.6 Å². The molecule has 0 aliphatic carbocycles. The van der Waals surface area contributed by atoms with E-state index in [-0.39, 0.29) is 5.91 Å². The van der Waals surface area contributed by atoms with E-state index in [0.717, 1.165) is 13.1 Å². The second-order valence-electron chi connectivity index (χ2n) is 7.29. The van der Waals surface area contributed by atoms with E-state index < -0.39 is 0 Å². The van der Waals surface area contributed by atoms with Crippen LogP contribution in [0.25, 0.3) is 0 Å². The van der Waals surface area contributed by atoms with Crippen LogP contribution in [0.15, 0.2) is 24.3 Å². The molecular formula is C21H36N2O. The summed E-state index contributed by atoms with van der Waals surface area (Å²) < 4.78 is 0. The van der Waals surface area contributed by atoms with Gasteiger partial charge in [0.2, 0.25) is 0 Å².